The number of benzene rings is 1. The number of carbonyl (C=O) groups excluding carboxylic acids is 2. The molecule has 0 radical (unpaired) electrons. The van der Waals surface area contributed by atoms with Crippen LogP contribution in [0.15, 0.2) is 34.1 Å². The summed E-state index contributed by atoms with van der Waals surface area (Å²) in [5, 5.41) is 3.27. The maximum atomic E-state index is 12.1. The smallest absolute Gasteiger partial charge is 0.338 e. The van der Waals surface area contributed by atoms with Crippen molar-refractivity contribution in [2.24, 2.45) is 0 Å². The van der Waals surface area contributed by atoms with Crippen LogP contribution in [-0.2, 0) is 4.74 Å². The Morgan fingerprint density at radius 3 is 2.78 bits per heavy atom. The first-order valence-electron chi connectivity index (χ1n) is 6.71. The van der Waals surface area contributed by atoms with E-state index in [4.69, 9.17) is 4.74 Å². The van der Waals surface area contributed by atoms with Crippen LogP contribution in [0, 0.1) is 0 Å². The summed E-state index contributed by atoms with van der Waals surface area (Å²) in [4.78, 5) is 28.8. The van der Waals surface area contributed by atoms with Gasteiger partial charge in [-0.2, -0.15) is 0 Å². The number of thiophene rings is 1. The predicted molar refractivity (Wildman–Crippen MR) is 95.5 cm³/mol. The van der Waals surface area contributed by atoms with E-state index in [1.54, 1.807) is 31.2 Å². The van der Waals surface area contributed by atoms with Crippen LogP contribution in [0.25, 0.3) is 10.2 Å². The quantitative estimate of drug-likeness (QED) is 0.640. The molecule has 1 amide bonds. The first-order valence-corrected chi connectivity index (χ1v) is 9.14. The molecule has 0 aliphatic heterocycles. The molecule has 3 aromatic rings. The molecule has 0 aliphatic carbocycles. The summed E-state index contributed by atoms with van der Waals surface area (Å²) in [5.41, 5.74) is 1.20. The monoisotopic (exact) mass is 410 g/mol. The Labute approximate surface area is 148 Å². The van der Waals surface area contributed by atoms with Gasteiger partial charge in [0.05, 0.1) is 31.1 Å². The van der Waals surface area contributed by atoms with Crippen molar-refractivity contribution in [3.63, 3.8) is 0 Å². The van der Waals surface area contributed by atoms with Gasteiger partial charge in [0.25, 0.3) is 5.91 Å². The van der Waals surface area contributed by atoms with Crippen LogP contribution in [0.5, 0.6) is 0 Å². The van der Waals surface area contributed by atoms with Crippen LogP contribution >= 0.6 is 38.6 Å². The standard InChI is InChI=1S/C15H11BrN2O3S2/c1-2-21-14(20)8-3-4-9-11(7-8)23-15(17-9)18-13(19)10-5-6-12(16)22-10/h3-7H,2H2,1H3,(H,17,18,19). The molecule has 2 aromatic heterocycles. The Bertz CT molecular complexity index is 888. The van der Waals surface area contributed by atoms with Crippen molar-refractivity contribution < 1.29 is 14.3 Å². The molecular weight excluding hydrogens is 400 g/mol. The Morgan fingerprint density at radius 2 is 2.09 bits per heavy atom. The zero-order chi connectivity index (χ0) is 16.4. The van der Waals surface area contributed by atoms with Gasteiger partial charge in [0, 0.05) is 0 Å². The lowest BCUT2D eigenvalue weighted by atomic mass is 10.2. The third kappa shape index (κ3) is 3.60. The number of thiazole rings is 1. The first kappa shape index (κ1) is 16.1. The third-order valence-electron chi connectivity index (χ3n) is 2.92. The van der Waals surface area contributed by atoms with E-state index in [0.29, 0.717) is 22.2 Å². The molecule has 3 rings (SSSR count). The van der Waals surface area contributed by atoms with Crippen molar-refractivity contribution in [1.82, 2.24) is 4.98 Å². The number of rotatable bonds is 4. The predicted octanol–water partition coefficient (Wildman–Crippen LogP) is 4.55. The van der Waals surface area contributed by atoms with Crippen molar-refractivity contribution in [3.05, 3.63) is 44.6 Å². The van der Waals surface area contributed by atoms with Gasteiger partial charge in [0.2, 0.25) is 0 Å². The van der Waals surface area contributed by atoms with Gasteiger partial charge < -0.3 is 4.74 Å². The highest BCUT2D eigenvalue weighted by Gasteiger charge is 2.13. The minimum atomic E-state index is -0.364. The zero-order valence-electron chi connectivity index (χ0n) is 12.0. The van der Waals surface area contributed by atoms with Gasteiger partial charge in [-0.25, -0.2) is 9.78 Å². The summed E-state index contributed by atoms with van der Waals surface area (Å²) in [5.74, 6) is -0.567. The van der Waals surface area contributed by atoms with Crippen molar-refractivity contribution in [2.75, 3.05) is 11.9 Å². The van der Waals surface area contributed by atoms with E-state index in [9.17, 15) is 9.59 Å². The van der Waals surface area contributed by atoms with Crippen LogP contribution in [0.2, 0.25) is 0 Å². The molecule has 0 unspecified atom stereocenters. The average molecular weight is 411 g/mol. The highest BCUT2D eigenvalue weighted by molar-refractivity contribution is 9.11. The molecule has 118 valence electrons. The third-order valence-corrected chi connectivity index (χ3v) is 5.47. The number of esters is 1. The lowest BCUT2D eigenvalue weighted by Gasteiger charge is -2.00. The van der Waals surface area contributed by atoms with Gasteiger partial charge in [-0.3, -0.25) is 10.1 Å². The second-order valence-corrected chi connectivity index (χ2v) is 7.97. The highest BCUT2D eigenvalue weighted by atomic mass is 79.9. The van der Waals surface area contributed by atoms with E-state index >= 15 is 0 Å². The fraction of sp³-hybridized carbons (Fsp3) is 0.133. The molecule has 5 nitrogen and oxygen atoms in total. The Morgan fingerprint density at radius 1 is 1.26 bits per heavy atom. The molecule has 0 aliphatic rings. The van der Waals surface area contributed by atoms with Crippen LogP contribution in [0.1, 0.15) is 27.0 Å². The van der Waals surface area contributed by atoms with Crippen molar-refractivity contribution in [3.8, 4) is 0 Å². The largest absolute Gasteiger partial charge is 0.462 e. The second kappa shape index (κ2) is 6.77. The van der Waals surface area contributed by atoms with Gasteiger partial charge in [0.15, 0.2) is 5.13 Å². The molecule has 0 atom stereocenters. The summed E-state index contributed by atoms with van der Waals surface area (Å²) in [6, 6.07) is 8.71. The molecule has 0 saturated carbocycles. The summed E-state index contributed by atoms with van der Waals surface area (Å²) >= 11 is 6.00. The molecule has 2 heterocycles. The van der Waals surface area contributed by atoms with Crippen molar-refractivity contribution in [1.29, 1.82) is 0 Å². The summed E-state index contributed by atoms with van der Waals surface area (Å²) < 4.78 is 6.69. The minimum Gasteiger partial charge on any atom is -0.462 e. The van der Waals surface area contributed by atoms with Crippen LogP contribution < -0.4 is 5.32 Å². The molecule has 0 spiro atoms. The maximum absolute atomic E-state index is 12.1. The zero-order valence-corrected chi connectivity index (χ0v) is 15.2. The van der Waals surface area contributed by atoms with Crippen molar-refractivity contribution in [2.45, 2.75) is 6.92 Å². The van der Waals surface area contributed by atoms with E-state index in [-0.39, 0.29) is 11.9 Å². The summed E-state index contributed by atoms with van der Waals surface area (Å²) in [6.45, 7) is 2.09. The molecule has 8 heteroatoms. The van der Waals surface area contributed by atoms with E-state index in [0.717, 1.165) is 14.0 Å². The van der Waals surface area contributed by atoms with Gasteiger partial charge in [-0.05, 0) is 53.2 Å². The van der Waals surface area contributed by atoms with E-state index in [1.165, 1.54) is 22.7 Å². The normalized spacial score (nSPS) is 10.7. The Hall–Kier alpha value is -1.77. The Balaban J connectivity index is 1.82. The fourth-order valence-corrected chi connectivity index (χ4v) is 4.10. The molecular formula is C15H11BrN2O3S2. The number of halogens is 1. The molecule has 23 heavy (non-hydrogen) atoms. The maximum Gasteiger partial charge on any atom is 0.338 e. The summed E-state index contributed by atoms with van der Waals surface area (Å²) in [7, 11) is 0. The van der Waals surface area contributed by atoms with Crippen LogP contribution in [0.4, 0.5) is 5.13 Å². The van der Waals surface area contributed by atoms with Crippen LogP contribution in [0.3, 0.4) is 0 Å². The van der Waals surface area contributed by atoms with E-state index in [1.807, 2.05) is 6.07 Å². The number of nitrogens with zero attached hydrogens (tertiary/aromatic N) is 1. The number of ether oxygens (including phenoxy) is 1. The number of aromatic nitrogens is 1. The Kier molecular flexibility index (Phi) is 4.74. The molecule has 0 bridgehead atoms. The number of hydrogen-bond acceptors (Lipinski definition) is 6. The van der Waals surface area contributed by atoms with Crippen LogP contribution in [-0.4, -0.2) is 23.5 Å². The number of amides is 1. The number of hydrogen-bond donors (Lipinski definition) is 1. The molecule has 1 aromatic carbocycles. The fourth-order valence-electron chi connectivity index (χ4n) is 1.91. The van der Waals surface area contributed by atoms with Gasteiger partial charge >= 0.3 is 5.97 Å². The lowest BCUT2D eigenvalue weighted by Crippen LogP contribution is -2.09. The van der Waals surface area contributed by atoms with Gasteiger partial charge in [0.1, 0.15) is 0 Å². The number of nitrogens with one attached hydrogen (secondary N) is 1. The first-order chi connectivity index (χ1) is 11.1. The minimum absolute atomic E-state index is 0.203. The molecule has 0 saturated heterocycles. The topological polar surface area (TPSA) is 68.3 Å². The second-order valence-electron chi connectivity index (χ2n) is 4.48. The molecule has 1 N–H and O–H groups in total. The van der Waals surface area contributed by atoms with E-state index < -0.39 is 0 Å². The highest BCUT2D eigenvalue weighted by Crippen LogP contribution is 2.28. The number of fused-ring (bicyclic) bond motifs is 1. The lowest BCUT2D eigenvalue weighted by molar-refractivity contribution is 0.0526. The summed E-state index contributed by atoms with van der Waals surface area (Å²) in [6.07, 6.45) is 0. The average Bonchev–Trinajstić information content (AvgIpc) is 3.12. The number of anilines is 1. The van der Waals surface area contributed by atoms with Gasteiger partial charge in [-0.15, -0.1) is 11.3 Å². The SMILES string of the molecule is CCOC(=O)c1ccc2nc(NC(=O)c3ccc(Br)s3)sc2c1. The van der Waals surface area contributed by atoms with Crippen molar-refractivity contribution >= 4 is 65.8 Å². The van der Waals surface area contributed by atoms with E-state index in [2.05, 4.69) is 26.2 Å². The number of carbonyl (C=O) groups is 2. The van der Waals surface area contributed by atoms with Gasteiger partial charge in [-0.1, -0.05) is 11.3 Å². The molecule has 0 fully saturated rings.